The Morgan fingerprint density at radius 3 is 2.13 bits per heavy atom. The average Bonchev–Trinajstić information content (AvgIpc) is 2.57. The molecule has 0 spiro atoms. The summed E-state index contributed by atoms with van der Waals surface area (Å²) in [7, 11) is 0. The minimum Gasteiger partial charge on any atom is -0.289 e. The van der Waals surface area contributed by atoms with Crippen molar-refractivity contribution in [3.05, 3.63) is 80.3 Å². The van der Waals surface area contributed by atoms with E-state index in [1.54, 1.807) is 49.4 Å². The lowest BCUT2D eigenvalue weighted by molar-refractivity contribution is -0.387. The van der Waals surface area contributed by atoms with Crippen LogP contribution in [-0.2, 0) is 0 Å². The summed E-state index contributed by atoms with van der Waals surface area (Å²) in [6.07, 6.45) is 0. The van der Waals surface area contributed by atoms with Crippen molar-refractivity contribution in [2.75, 3.05) is 0 Å². The fraction of sp³-hybridized carbons (Fsp3) is 0.0588. The van der Waals surface area contributed by atoms with Crippen LogP contribution in [0.25, 0.3) is 0 Å². The van der Waals surface area contributed by atoms with Crippen LogP contribution in [0.5, 0.6) is 0 Å². The third-order valence-corrected chi connectivity index (χ3v) is 4.84. The molecule has 0 saturated heterocycles. The van der Waals surface area contributed by atoms with E-state index in [2.05, 4.69) is 0 Å². The molecule has 5 nitrogen and oxygen atoms in total. The number of carbonyl (C=O) groups is 2. The van der Waals surface area contributed by atoms with Gasteiger partial charge in [-0.25, -0.2) is 0 Å². The first kappa shape index (κ1) is 15.2. The highest BCUT2D eigenvalue weighted by Crippen LogP contribution is 2.40. The summed E-state index contributed by atoms with van der Waals surface area (Å²) in [5, 5.41) is 11.1. The van der Waals surface area contributed by atoms with Crippen molar-refractivity contribution in [3.63, 3.8) is 0 Å². The highest BCUT2D eigenvalue weighted by Gasteiger charge is 2.31. The first-order valence-electron chi connectivity index (χ1n) is 6.81. The zero-order chi connectivity index (χ0) is 16.6. The van der Waals surface area contributed by atoms with Gasteiger partial charge in [0.2, 0.25) is 5.78 Å². The molecule has 3 rings (SSSR count). The first-order valence-corrected chi connectivity index (χ1v) is 7.63. The smallest absolute Gasteiger partial charge is 0.283 e. The van der Waals surface area contributed by atoms with E-state index in [0.29, 0.717) is 21.6 Å². The van der Waals surface area contributed by atoms with E-state index in [0.717, 1.165) is 11.8 Å². The van der Waals surface area contributed by atoms with E-state index >= 15 is 0 Å². The van der Waals surface area contributed by atoms with E-state index in [-0.39, 0.29) is 22.2 Å². The first-order chi connectivity index (χ1) is 11.0. The molecule has 2 aromatic carbocycles. The highest BCUT2D eigenvalue weighted by molar-refractivity contribution is 8.04. The highest BCUT2D eigenvalue weighted by atomic mass is 32.2. The maximum atomic E-state index is 12.7. The quantitative estimate of drug-likeness (QED) is 0.628. The number of nitrogens with zero attached hydrogens (tertiary/aromatic N) is 1. The molecular formula is C17H11NO4S. The van der Waals surface area contributed by atoms with E-state index < -0.39 is 4.92 Å². The van der Waals surface area contributed by atoms with E-state index in [9.17, 15) is 19.7 Å². The van der Waals surface area contributed by atoms with Gasteiger partial charge in [-0.05, 0) is 13.0 Å². The van der Waals surface area contributed by atoms with Crippen molar-refractivity contribution in [2.24, 2.45) is 0 Å². The average molecular weight is 325 g/mol. The molecule has 0 atom stereocenters. The van der Waals surface area contributed by atoms with Gasteiger partial charge in [0.25, 0.3) is 5.69 Å². The molecule has 6 heteroatoms. The molecule has 1 aliphatic carbocycles. The monoisotopic (exact) mass is 325 g/mol. The van der Waals surface area contributed by atoms with Crippen LogP contribution < -0.4 is 0 Å². The zero-order valence-corrected chi connectivity index (χ0v) is 12.9. The summed E-state index contributed by atoms with van der Waals surface area (Å²) in [5.41, 5.74) is 0.944. The molecule has 0 amide bonds. The topological polar surface area (TPSA) is 77.3 Å². The van der Waals surface area contributed by atoms with Crippen LogP contribution in [0.15, 0.2) is 63.9 Å². The van der Waals surface area contributed by atoms with Gasteiger partial charge in [-0.1, -0.05) is 48.2 Å². The summed E-state index contributed by atoms with van der Waals surface area (Å²) in [6, 6.07) is 12.8. The van der Waals surface area contributed by atoms with E-state index in [1.807, 2.05) is 0 Å². The number of hydrogen-bond acceptors (Lipinski definition) is 5. The van der Waals surface area contributed by atoms with Gasteiger partial charge in [0, 0.05) is 22.8 Å². The number of para-hydroxylation sites is 1. The van der Waals surface area contributed by atoms with Crippen molar-refractivity contribution in [3.8, 4) is 0 Å². The van der Waals surface area contributed by atoms with Gasteiger partial charge in [0.05, 0.1) is 14.7 Å². The predicted molar refractivity (Wildman–Crippen MR) is 86.8 cm³/mol. The van der Waals surface area contributed by atoms with Gasteiger partial charge >= 0.3 is 0 Å². The van der Waals surface area contributed by atoms with Crippen LogP contribution in [0.2, 0.25) is 0 Å². The Kier molecular flexibility index (Phi) is 3.83. The Labute approximate surface area is 136 Å². The Morgan fingerprint density at radius 2 is 1.48 bits per heavy atom. The minimum absolute atomic E-state index is 0.0862. The lowest BCUT2D eigenvalue weighted by Gasteiger charge is -2.18. The van der Waals surface area contributed by atoms with Crippen LogP contribution in [-0.4, -0.2) is 16.5 Å². The van der Waals surface area contributed by atoms with Crippen LogP contribution in [0.1, 0.15) is 27.6 Å². The van der Waals surface area contributed by atoms with Gasteiger partial charge in [-0.2, -0.15) is 0 Å². The van der Waals surface area contributed by atoms with Crippen molar-refractivity contribution < 1.29 is 14.5 Å². The summed E-state index contributed by atoms with van der Waals surface area (Å²) in [4.78, 5) is 36.3. The molecule has 0 fully saturated rings. The summed E-state index contributed by atoms with van der Waals surface area (Å²) in [5.74, 6) is -0.498. The Morgan fingerprint density at radius 1 is 0.913 bits per heavy atom. The number of nitro benzene ring substituents is 1. The number of Topliss-reactive ketones (excluding diaryl/α,β-unsaturated/α-hetero) is 2. The number of benzene rings is 2. The van der Waals surface area contributed by atoms with Crippen LogP contribution in [0, 0.1) is 10.1 Å². The number of nitro groups is 1. The van der Waals surface area contributed by atoms with Gasteiger partial charge < -0.3 is 0 Å². The van der Waals surface area contributed by atoms with Gasteiger partial charge in [-0.15, -0.1) is 0 Å². The maximum absolute atomic E-state index is 12.7. The largest absolute Gasteiger partial charge is 0.289 e. The number of carbonyl (C=O) groups excluding carboxylic acids is 2. The minimum atomic E-state index is -0.499. The fourth-order valence-corrected chi connectivity index (χ4v) is 3.47. The molecule has 0 heterocycles. The molecular weight excluding hydrogens is 314 g/mol. The Balaban J connectivity index is 2.08. The van der Waals surface area contributed by atoms with Crippen LogP contribution in [0.4, 0.5) is 5.69 Å². The molecule has 2 aromatic rings. The third-order valence-electron chi connectivity index (χ3n) is 3.58. The summed E-state index contributed by atoms with van der Waals surface area (Å²) < 4.78 is 0. The molecule has 114 valence electrons. The molecule has 0 N–H and O–H groups in total. The second-order valence-electron chi connectivity index (χ2n) is 4.98. The standard InChI is InChI=1S/C17H11NO4S/c1-10-15(19)11-6-2-3-7-12(11)16(20)17(10)23-14-9-5-4-8-13(14)18(21)22/h2-9H,1H3. The summed E-state index contributed by atoms with van der Waals surface area (Å²) >= 11 is 0.971. The molecule has 23 heavy (non-hydrogen) atoms. The molecule has 0 radical (unpaired) electrons. The number of allylic oxidation sites excluding steroid dienone is 2. The lowest BCUT2D eigenvalue weighted by Crippen LogP contribution is -2.19. The molecule has 0 saturated carbocycles. The molecule has 0 bridgehead atoms. The molecule has 0 aromatic heterocycles. The molecule has 0 unspecified atom stereocenters. The van der Waals surface area contributed by atoms with Crippen molar-refractivity contribution in [1.29, 1.82) is 0 Å². The van der Waals surface area contributed by atoms with E-state index in [1.165, 1.54) is 6.07 Å². The Bertz CT molecular complexity index is 886. The van der Waals surface area contributed by atoms with E-state index in [4.69, 9.17) is 0 Å². The number of fused-ring (bicyclic) bond motifs is 1. The number of hydrogen-bond donors (Lipinski definition) is 0. The molecule has 0 aliphatic heterocycles. The van der Waals surface area contributed by atoms with Gasteiger partial charge in [-0.3, -0.25) is 19.7 Å². The van der Waals surface area contributed by atoms with Crippen LogP contribution >= 0.6 is 11.8 Å². The normalized spacial score (nSPS) is 14.0. The summed E-state index contributed by atoms with van der Waals surface area (Å²) in [6.45, 7) is 1.58. The van der Waals surface area contributed by atoms with Crippen molar-refractivity contribution in [1.82, 2.24) is 0 Å². The SMILES string of the molecule is CC1=C(Sc2ccccc2[N+](=O)[O-])C(=O)c2ccccc2C1=O. The zero-order valence-electron chi connectivity index (χ0n) is 12.1. The number of thioether (sulfide) groups is 1. The number of rotatable bonds is 3. The van der Waals surface area contributed by atoms with Crippen LogP contribution in [0.3, 0.4) is 0 Å². The van der Waals surface area contributed by atoms with Gasteiger partial charge in [0.1, 0.15) is 0 Å². The fourth-order valence-electron chi connectivity index (χ4n) is 2.40. The predicted octanol–water partition coefficient (Wildman–Crippen LogP) is 4.04. The second kappa shape index (κ2) is 5.81. The Hall–Kier alpha value is -2.73. The lowest BCUT2D eigenvalue weighted by atomic mass is 9.90. The van der Waals surface area contributed by atoms with Gasteiger partial charge in [0.15, 0.2) is 5.78 Å². The second-order valence-corrected chi connectivity index (χ2v) is 6.04. The number of ketones is 2. The maximum Gasteiger partial charge on any atom is 0.283 e. The third kappa shape index (κ3) is 2.57. The molecule has 1 aliphatic rings. The van der Waals surface area contributed by atoms with Crippen molar-refractivity contribution in [2.45, 2.75) is 11.8 Å². The van der Waals surface area contributed by atoms with Crippen molar-refractivity contribution >= 4 is 29.0 Å².